The summed E-state index contributed by atoms with van der Waals surface area (Å²) in [5.41, 5.74) is 3.26. The number of nitrogens with one attached hydrogen (secondary N) is 2. The van der Waals surface area contributed by atoms with Gasteiger partial charge in [0.1, 0.15) is 4.88 Å². The monoisotopic (exact) mass is 357 g/mol. The van der Waals surface area contributed by atoms with E-state index in [0.717, 1.165) is 16.9 Å². The molecule has 0 radical (unpaired) electrons. The van der Waals surface area contributed by atoms with Crippen LogP contribution in [0, 0.1) is 13.8 Å². The number of carbonyl (C=O) groups is 1. The lowest BCUT2D eigenvalue weighted by Crippen LogP contribution is -2.12. The highest BCUT2D eigenvalue weighted by Gasteiger charge is 2.16. The number of anilines is 3. The summed E-state index contributed by atoms with van der Waals surface area (Å²) in [6, 6.07) is 15.1. The van der Waals surface area contributed by atoms with Gasteiger partial charge in [0.25, 0.3) is 5.91 Å². The van der Waals surface area contributed by atoms with Crippen molar-refractivity contribution < 1.29 is 4.79 Å². The van der Waals surface area contributed by atoms with Gasteiger partial charge in [-0.05, 0) is 37.6 Å². The second-order valence-electron chi connectivity index (χ2n) is 5.31. The van der Waals surface area contributed by atoms with Crippen molar-refractivity contribution in [2.45, 2.75) is 13.8 Å². The molecular weight excluding hydrogens is 342 g/mol. The first kappa shape index (κ1) is 16.5. The van der Waals surface area contributed by atoms with Gasteiger partial charge in [0.15, 0.2) is 5.13 Å². The lowest BCUT2D eigenvalue weighted by molar-refractivity contribution is 0.102. The van der Waals surface area contributed by atoms with Crippen molar-refractivity contribution in [1.29, 1.82) is 0 Å². The third-order valence-corrected chi connectivity index (χ3v) is 4.91. The van der Waals surface area contributed by atoms with Gasteiger partial charge in [-0.2, -0.15) is 0 Å². The van der Waals surface area contributed by atoms with E-state index >= 15 is 0 Å². The number of nitrogens with zero attached hydrogens (tertiary/aromatic N) is 1. The zero-order valence-corrected chi connectivity index (χ0v) is 14.8. The third kappa shape index (κ3) is 3.58. The molecule has 0 saturated carbocycles. The van der Waals surface area contributed by atoms with Gasteiger partial charge >= 0.3 is 0 Å². The maximum Gasteiger partial charge on any atom is 0.267 e. The minimum atomic E-state index is -0.161. The van der Waals surface area contributed by atoms with E-state index in [0.29, 0.717) is 20.7 Å². The van der Waals surface area contributed by atoms with Gasteiger partial charge in [-0.25, -0.2) is 4.98 Å². The smallest absolute Gasteiger partial charge is 0.267 e. The summed E-state index contributed by atoms with van der Waals surface area (Å²) in [6.45, 7) is 3.78. The number of hydrogen-bond donors (Lipinski definition) is 2. The first-order valence-electron chi connectivity index (χ1n) is 7.40. The number of aryl methyl sites for hydroxylation is 2. The predicted octanol–water partition coefficient (Wildman–Crippen LogP) is 5.41. The van der Waals surface area contributed by atoms with Gasteiger partial charge in [0.2, 0.25) is 0 Å². The van der Waals surface area contributed by atoms with Crippen molar-refractivity contribution in [2.24, 2.45) is 0 Å². The number of thiazole rings is 1. The summed E-state index contributed by atoms with van der Waals surface area (Å²) in [4.78, 5) is 17.5. The van der Waals surface area contributed by atoms with Crippen molar-refractivity contribution in [3.63, 3.8) is 0 Å². The number of carbonyl (C=O) groups excluding carboxylic acids is 1. The SMILES string of the molecule is Cc1ccccc1NC(=O)c1sc(Nc2ccccc2Cl)nc1C. The van der Waals surface area contributed by atoms with Crippen LogP contribution in [0.1, 0.15) is 20.9 Å². The van der Waals surface area contributed by atoms with Crippen LogP contribution < -0.4 is 10.6 Å². The van der Waals surface area contributed by atoms with Gasteiger partial charge in [0, 0.05) is 5.69 Å². The van der Waals surface area contributed by atoms with Crippen molar-refractivity contribution in [1.82, 2.24) is 4.98 Å². The first-order valence-corrected chi connectivity index (χ1v) is 8.60. The number of aromatic nitrogens is 1. The molecular formula is C18H16ClN3OS. The average Bonchev–Trinajstić information content (AvgIpc) is 2.92. The maximum absolute atomic E-state index is 12.5. The van der Waals surface area contributed by atoms with Gasteiger partial charge < -0.3 is 10.6 Å². The second kappa shape index (κ2) is 7.03. The summed E-state index contributed by atoms with van der Waals surface area (Å²) in [7, 11) is 0. The Hall–Kier alpha value is -2.37. The predicted molar refractivity (Wildman–Crippen MR) is 101 cm³/mol. The van der Waals surface area contributed by atoms with Crippen molar-refractivity contribution in [2.75, 3.05) is 10.6 Å². The van der Waals surface area contributed by atoms with Crippen LogP contribution in [0.25, 0.3) is 0 Å². The third-order valence-electron chi connectivity index (χ3n) is 3.51. The van der Waals surface area contributed by atoms with E-state index in [1.807, 2.05) is 56.3 Å². The van der Waals surface area contributed by atoms with Crippen molar-refractivity contribution >= 4 is 45.4 Å². The van der Waals surface area contributed by atoms with E-state index in [1.165, 1.54) is 11.3 Å². The zero-order chi connectivity index (χ0) is 17.1. The van der Waals surface area contributed by atoms with E-state index in [-0.39, 0.29) is 5.91 Å². The molecule has 6 heteroatoms. The van der Waals surface area contributed by atoms with E-state index < -0.39 is 0 Å². The molecule has 0 unspecified atom stereocenters. The van der Waals surface area contributed by atoms with Gasteiger partial charge in [-0.1, -0.05) is 53.3 Å². The Bertz CT molecular complexity index is 891. The molecule has 1 heterocycles. The van der Waals surface area contributed by atoms with Crippen molar-refractivity contribution in [3.05, 3.63) is 69.7 Å². The Morgan fingerprint density at radius 2 is 1.71 bits per heavy atom. The van der Waals surface area contributed by atoms with Crippen LogP contribution in [0.15, 0.2) is 48.5 Å². The lowest BCUT2D eigenvalue weighted by atomic mass is 10.2. The fraction of sp³-hybridized carbons (Fsp3) is 0.111. The largest absolute Gasteiger partial charge is 0.330 e. The van der Waals surface area contributed by atoms with Crippen LogP contribution in [0.2, 0.25) is 5.02 Å². The fourth-order valence-corrected chi connectivity index (χ4v) is 3.29. The van der Waals surface area contributed by atoms with Crippen LogP contribution in [0.3, 0.4) is 0 Å². The minimum Gasteiger partial charge on any atom is -0.330 e. The molecule has 0 aliphatic rings. The Balaban J connectivity index is 1.80. The summed E-state index contributed by atoms with van der Waals surface area (Å²) >= 11 is 7.45. The topological polar surface area (TPSA) is 54.0 Å². The molecule has 0 aliphatic heterocycles. The highest BCUT2D eigenvalue weighted by atomic mass is 35.5. The second-order valence-corrected chi connectivity index (χ2v) is 6.71. The molecule has 1 aromatic heterocycles. The highest BCUT2D eigenvalue weighted by Crippen LogP contribution is 2.30. The van der Waals surface area contributed by atoms with E-state index in [1.54, 1.807) is 6.07 Å². The molecule has 1 amide bonds. The number of halogens is 1. The average molecular weight is 358 g/mol. The summed E-state index contributed by atoms with van der Waals surface area (Å²) in [5, 5.41) is 7.33. The molecule has 0 saturated heterocycles. The number of amides is 1. The van der Waals surface area contributed by atoms with Crippen LogP contribution in [0.4, 0.5) is 16.5 Å². The lowest BCUT2D eigenvalue weighted by Gasteiger charge is -2.06. The van der Waals surface area contributed by atoms with Gasteiger partial charge in [-0.3, -0.25) is 4.79 Å². The van der Waals surface area contributed by atoms with Crippen molar-refractivity contribution in [3.8, 4) is 0 Å². The highest BCUT2D eigenvalue weighted by molar-refractivity contribution is 7.17. The zero-order valence-electron chi connectivity index (χ0n) is 13.3. The van der Waals surface area contributed by atoms with Gasteiger partial charge in [-0.15, -0.1) is 0 Å². The molecule has 0 atom stereocenters. The number of benzene rings is 2. The first-order chi connectivity index (χ1) is 11.5. The molecule has 0 spiro atoms. The molecule has 0 fully saturated rings. The molecule has 0 bridgehead atoms. The Labute approximate surface area is 149 Å². The van der Waals surface area contributed by atoms with Crippen LogP contribution in [-0.2, 0) is 0 Å². The fourth-order valence-electron chi connectivity index (χ4n) is 2.23. The van der Waals surface area contributed by atoms with E-state index in [2.05, 4.69) is 15.6 Å². The normalized spacial score (nSPS) is 10.5. The molecule has 24 heavy (non-hydrogen) atoms. The quantitative estimate of drug-likeness (QED) is 0.656. The summed E-state index contributed by atoms with van der Waals surface area (Å²) in [6.07, 6.45) is 0. The molecule has 4 nitrogen and oxygen atoms in total. The number of para-hydroxylation sites is 2. The van der Waals surface area contributed by atoms with E-state index in [4.69, 9.17) is 11.6 Å². The molecule has 122 valence electrons. The van der Waals surface area contributed by atoms with E-state index in [9.17, 15) is 4.79 Å². The number of rotatable bonds is 4. The Morgan fingerprint density at radius 3 is 2.42 bits per heavy atom. The Morgan fingerprint density at radius 1 is 1.04 bits per heavy atom. The molecule has 3 rings (SSSR count). The van der Waals surface area contributed by atoms with Gasteiger partial charge in [0.05, 0.1) is 16.4 Å². The number of hydrogen-bond acceptors (Lipinski definition) is 4. The molecule has 2 N–H and O–H groups in total. The minimum absolute atomic E-state index is 0.161. The van der Waals surface area contributed by atoms with Crippen LogP contribution in [0.5, 0.6) is 0 Å². The summed E-state index contributed by atoms with van der Waals surface area (Å²) < 4.78 is 0. The van der Waals surface area contributed by atoms with Crippen LogP contribution in [-0.4, -0.2) is 10.9 Å². The maximum atomic E-state index is 12.5. The van der Waals surface area contributed by atoms with Crippen LogP contribution >= 0.6 is 22.9 Å². The molecule has 0 aliphatic carbocycles. The standard InChI is InChI=1S/C18H16ClN3OS/c1-11-7-3-5-9-14(11)21-17(23)16-12(2)20-18(24-16)22-15-10-6-4-8-13(15)19/h3-10H,1-2H3,(H,20,22)(H,21,23). The summed E-state index contributed by atoms with van der Waals surface area (Å²) in [5.74, 6) is -0.161. The molecule has 3 aromatic rings. The molecule has 2 aromatic carbocycles. The Kier molecular flexibility index (Phi) is 4.83.